The first-order valence-corrected chi connectivity index (χ1v) is 8.60. The van der Waals surface area contributed by atoms with Gasteiger partial charge in [0.1, 0.15) is 0 Å². The van der Waals surface area contributed by atoms with Crippen LogP contribution in [0.5, 0.6) is 0 Å². The van der Waals surface area contributed by atoms with Crippen LogP contribution >= 0.6 is 0 Å². The van der Waals surface area contributed by atoms with Crippen LogP contribution in [-0.4, -0.2) is 21.7 Å². The molecule has 0 atom stereocenters. The number of aryl methyl sites for hydroxylation is 2. The first kappa shape index (κ1) is 16.9. The van der Waals surface area contributed by atoms with Gasteiger partial charge < -0.3 is 10.2 Å². The van der Waals surface area contributed by atoms with Crippen LogP contribution in [0.1, 0.15) is 25.0 Å². The number of anilines is 4. The first-order chi connectivity index (χ1) is 12.2. The van der Waals surface area contributed by atoms with Gasteiger partial charge in [0, 0.05) is 17.9 Å². The molecule has 3 rings (SSSR count). The van der Waals surface area contributed by atoms with Crippen molar-refractivity contribution < 1.29 is 0 Å². The zero-order valence-electron chi connectivity index (χ0n) is 14.9. The molecule has 0 bridgehead atoms. The van der Waals surface area contributed by atoms with Crippen LogP contribution in [0.4, 0.5) is 23.1 Å². The van der Waals surface area contributed by atoms with Crippen LogP contribution in [0.2, 0.25) is 0 Å². The molecule has 5 heteroatoms. The molecule has 3 aromatic rings. The number of benzene rings is 2. The molecule has 0 saturated heterocycles. The summed E-state index contributed by atoms with van der Waals surface area (Å²) in [6, 6.07) is 16.5. The van der Waals surface area contributed by atoms with Gasteiger partial charge in [-0.15, -0.1) is 5.10 Å². The highest BCUT2D eigenvalue weighted by molar-refractivity contribution is 5.65. The van der Waals surface area contributed by atoms with Crippen molar-refractivity contribution in [2.45, 2.75) is 27.2 Å². The van der Waals surface area contributed by atoms with Crippen LogP contribution in [-0.2, 0) is 6.42 Å². The number of nitrogens with zero attached hydrogens (tertiary/aromatic N) is 4. The van der Waals surface area contributed by atoms with Crippen LogP contribution in [0, 0.1) is 6.92 Å². The second-order valence-corrected chi connectivity index (χ2v) is 5.81. The molecule has 5 nitrogen and oxygen atoms in total. The van der Waals surface area contributed by atoms with Gasteiger partial charge in [-0.1, -0.05) is 43.3 Å². The lowest BCUT2D eigenvalue weighted by atomic mass is 10.1. The molecule has 0 aliphatic heterocycles. The molecule has 0 saturated carbocycles. The summed E-state index contributed by atoms with van der Waals surface area (Å²) in [5.74, 6) is 1.29. The average Bonchev–Trinajstić information content (AvgIpc) is 2.65. The molecule has 1 heterocycles. The highest BCUT2D eigenvalue weighted by Crippen LogP contribution is 2.26. The van der Waals surface area contributed by atoms with E-state index >= 15 is 0 Å². The Morgan fingerprint density at radius 1 is 1.00 bits per heavy atom. The Kier molecular flexibility index (Phi) is 5.23. The first-order valence-electron chi connectivity index (χ1n) is 8.60. The van der Waals surface area contributed by atoms with E-state index < -0.39 is 0 Å². The van der Waals surface area contributed by atoms with Crippen molar-refractivity contribution in [3.8, 4) is 0 Å². The molecule has 0 aliphatic carbocycles. The third-order valence-corrected chi connectivity index (χ3v) is 4.18. The summed E-state index contributed by atoms with van der Waals surface area (Å²) >= 11 is 0. The predicted molar refractivity (Wildman–Crippen MR) is 103 cm³/mol. The molecule has 25 heavy (non-hydrogen) atoms. The van der Waals surface area contributed by atoms with Crippen molar-refractivity contribution in [3.63, 3.8) is 0 Å². The van der Waals surface area contributed by atoms with Crippen molar-refractivity contribution in [3.05, 3.63) is 65.9 Å². The Balaban J connectivity index is 1.92. The molecule has 1 N–H and O–H groups in total. The van der Waals surface area contributed by atoms with E-state index in [0.29, 0.717) is 5.95 Å². The molecule has 0 spiro atoms. The number of aromatic nitrogens is 3. The van der Waals surface area contributed by atoms with Crippen LogP contribution in [0.3, 0.4) is 0 Å². The summed E-state index contributed by atoms with van der Waals surface area (Å²) in [5.41, 5.74) is 4.56. The smallest absolute Gasteiger partial charge is 0.249 e. The lowest BCUT2D eigenvalue weighted by molar-refractivity contribution is 0.921. The van der Waals surface area contributed by atoms with E-state index in [0.717, 1.165) is 30.2 Å². The average molecular weight is 333 g/mol. The maximum atomic E-state index is 4.67. The van der Waals surface area contributed by atoms with Crippen molar-refractivity contribution in [1.29, 1.82) is 0 Å². The fourth-order valence-electron chi connectivity index (χ4n) is 2.88. The van der Waals surface area contributed by atoms with Gasteiger partial charge in [-0.3, -0.25) is 0 Å². The second-order valence-electron chi connectivity index (χ2n) is 5.81. The van der Waals surface area contributed by atoms with Crippen molar-refractivity contribution >= 4 is 23.1 Å². The fraction of sp³-hybridized carbons (Fsp3) is 0.250. The summed E-state index contributed by atoms with van der Waals surface area (Å²) in [5, 5.41) is 11.7. The Bertz CT molecular complexity index is 832. The third-order valence-electron chi connectivity index (χ3n) is 4.18. The molecular formula is C20H23N5. The highest BCUT2D eigenvalue weighted by Gasteiger charge is 2.12. The SMILES string of the molecule is CCc1cccc(C)c1Nc1nncc(N(CC)c2ccccc2)n1. The molecule has 2 aromatic carbocycles. The van der Waals surface area contributed by atoms with Crippen molar-refractivity contribution in [2.24, 2.45) is 0 Å². The van der Waals surface area contributed by atoms with E-state index in [-0.39, 0.29) is 0 Å². The molecule has 0 aliphatic rings. The van der Waals surface area contributed by atoms with E-state index in [2.05, 4.69) is 76.5 Å². The molecule has 0 radical (unpaired) electrons. The minimum atomic E-state index is 0.510. The lowest BCUT2D eigenvalue weighted by Gasteiger charge is -2.22. The highest BCUT2D eigenvalue weighted by atomic mass is 15.3. The lowest BCUT2D eigenvalue weighted by Crippen LogP contribution is -2.18. The Morgan fingerprint density at radius 2 is 1.80 bits per heavy atom. The van der Waals surface area contributed by atoms with E-state index in [1.165, 1.54) is 11.1 Å². The molecular weight excluding hydrogens is 310 g/mol. The van der Waals surface area contributed by atoms with E-state index in [4.69, 9.17) is 0 Å². The van der Waals surface area contributed by atoms with Crippen LogP contribution in [0.15, 0.2) is 54.7 Å². The minimum absolute atomic E-state index is 0.510. The second kappa shape index (κ2) is 7.75. The molecule has 0 amide bonds. The topological polar surface area (TPSA) is 53.9 Å². The maximum absolute atomic E-state index is 4.67. The number of hydrogen-bond acceptors (Lipinski definition) is 5. The van der Waals surface area contributed by atoms with Crippen molar-refractivity contribution in [1.82, 2.24) is 15.2 Å². The van der Waals surface area contributed by atoms with Gasteiger partial charge in [0.25, 0.3) is 0 Å². The van der Waals surface area contributed by atoms with Gasteiger partial charge in [0.15, 0.2) is 5.82 Å². The third kappa shape index (κ3) is 3.76. The van der Waals surface area contributed by atoms with E-state index in [1.54, 1.807) is 6.20 Å². The molecule has 0 unspecified atom stereocenters. The van der Waals surface area contributed by atoms with Gasteiger partial charge in [0.2, 0.25) is 5.95 Å². The Labute approximate surface area is 148 Å². The maximum Gasteiger partial charge on any atom is 0.249 e. The summed E-state index contributed by atoms with van der Waals surface area (Å²) in [6.45, 7) is 7.12. The standard InChI is InChI=1S/C20H23N5/c1-4-16-11-9-10-15(3)19(16)23-20-22-18(14-21-24-20)25(5-2)17-12-7-6-8-13-17/h6-14H,4-5H2,1-3H3,(H,22,23,24). The van der Waals surface area contributed by atoms with E-state index in [1.807, 2.05) is 18.2 Å². The van der Waals surface area contributed by atoms with Gasteiger partial charge >= 0.3 is 0 Å². The minimum Gasteiger partial charge on any atom is -0.325 e. The summed E-state index contributed by atoms with van der Waals surface area (Å²) in [7, 11) is 0. The number of nitrogens with one attached hydrogen (secondary N) is 1. The Hall–Kier alpha value is -2.95. The van der Waals surface area contributed by atoms with E-state index in [9.17, 15) is 0 Å². The van der Waals surface area contributed by atoms with Gasteiger partial charge in [0.05, 0.1) is 6.20 Å². The van der Waals surface area contributed by atoms with Crippen molar-refractivity contribution in [2.75, 3.05) is 16.8 Å². The molecule has 1 aromatic heterocycles. The summed E-state index contributed by atoms with van der Waals surface area (Å²) in [4.78, 5) is 6.78. The number of para-hydroxylation sites is 2. The summed E-state index contributed by atoms with van der Waals surface area (Å²) in [6.07, 6.45) is 2.64. The van der Waals surface area contributed by atoms with Gasteiger partial charge in [-0.05, 0) is 43.5 Å². The molecule has 0 fully saturated rings. The monoisotopic (exact) mass is 333 g/mol. The van der Waals surface area contributed by atoms with Gasteiger partial charge in [-0.25, -0.2) is 0 Å². The van der Waals surface area contributed by atoms with Crippen LogP contribution in [0.25, 0.3) is 0 Å². The quantitative estimate of drug-likeness (QED) is 0.712. The molecule has 128 valence electrons. The van der Waals surface area contributed by atoms with Gasteiger partial charge in [-0.2, -0.15) is 10.1 Å². The largest absolute Gasteiger partial charge is 0.325 e. The fourth-order valence-corrected chi connectivity index (χ4v) is 2.88. The predicted octanol–water partition coefficient (Wildman–Crippen LogP) is 4.64. The zero-order chi connectivity index (χ0) is 17.6. The summed E-state index contributed by atoms with van der Waals surface area (Å²) < 4.78 is 0. The Morgan fingerprint density at radius 3 is 2.52 bits per heavy atom. The number of rotatable bonds is 6. The zero-order valence-corrected chi connectivity index (χ0v) is 14.9. The number of hydrogen-bond donors (Lipinski definition) is 1. The normalized spacial score (nSPS) is 10.5. The van der Waals surface area contributed by atoms with Crippen LogP contribution < -0.4 is 10.2 Å².